The van der Waals surface area contributed by atoms with Gasteiger partial charge in [0, 0.05) is 6.04 Å². The van der Waals surface area contributed by atoms with E-state index in [0.29, 0.717) is 6.61 Å². The lowest BCUT2D eigenvalue weighted by molar-refractivity contribution is -0.143. The number of hydrogen-bond acceptors (Lipinski definition) is 3. The number of carbonyl (C=O) groups is 1. The summed E-state index contributed by atoms with van der Waals surface area (Å²) in [6.07, 6.45) is 0.111. The summed E-state index contributed by atoms with van der Waals surface area (Å²) >= 11 is 0. The van der Waals surface area contributed by atoms with Gasteiger partial charge in [0.1, 0.15) is 5.82 Å². The van der Waals surface area contributed by atoms with Crippen LogP contribution < -0.4 is 5.73 Å². The topological polar surface area (TPSA) is 52.3 Å². The molecule has 0 saturated heterocycles. The molecule has 1 aromatic carbocycles. The molecular formula is C11H14FNO2. The molecule has 1 atom stereocenters. The smallest absolute Gasteiger partial charge is 0.307 e. The number of ether oxygens (including phenoxy) is 1. The highest BCUT2D eigenvalue weighted by molar-refractivity contribution is 5.70. The molecule has 0 bridgehead atoms. The van der Waals surface area contributed by atoms with Crippen LogP contribution in [0.1, 0.15) is 24.9 Å². The molecule has 1 rings (SSSR count). The van der Waals surface area contributed by atoms with E-state index in [4.69, 9.17) is 10.5 Å². The average Bonchev–Trinajstić information content (AvgIpc) is 2.18. The lowest BCUT2D eigenvalue weighted by Crippen LogP contribution is -2.17. The van der Waals surface area contributed by atoms with E-state index >= 15 is 0 Å². The second-order valence-electron chi connectivity index (χ2n) is 3.17. The van der Waals surface area contributed by atoms with E-state index < -0.39 is 6.04 Å². The summed E-state index contributed by atoms with van der Waals surface area (Å²) in [4.78, 5) is 11.1. The Labute approximate surface area is 88.0 Å². The molecule has 0 aliphatic carbocycles. The van der Waals surface area contributed by atoms with Crippen LogP contribution in [0.25, 0.3) is 0 Å². The third-order valence-electron chi connectivity index (χ3n) is 1.99. The van der Waals surface area contributed by atoms with Crippen molar-refractivity contribution in [2.75, 3.05) is 6.61 Å². The van der Waals surface area contributed by atoms with Crippen molar-refractivity contribution in [3.8, 4) is 0 Å². The van der Waals surface area contributed by atoms with Gasteiger partial charge in [0.15, 0.2) is 0 Å². The third-order valence-corrected chi connectivity index (χ3v) is 1.99. The van der Waals surface area contributed by atoms with E-state index in [0.717, 1.165) is 5.56 Å². The Balaban J connectivity index is 2.57. The van der Waals surface area contributed by atoms with Gasteiger partial charge in [0.25, 0.3) is 0 Å². The number of nitrogens with two attached hydrogens (primary N) is 1. The van der Waals surface area contributed by atoms with E-state index in [1.165, 1.54) is 12.1 Å². The summed E-state index contributed by atoms with van der Waals surface area (Å²) in [6, 6.07) is 5.34. The Morgan fingerprint density at radius 2 is 2.07 bits per heavy atom. The Bertz CT molecular complexity index is 324. The van der Waals surface area contributed by atoms with E-state index in [-0.39, 0.29) is 18.2 Å². The summed E-state index contributed by atoms with van der Waals surface area (Å²) in [5.41, 5.74) is 6.48. The second-order valence-corrected chi connectivity index (χ2v) is 3.17. The van der Waals surface area contributed by atoms with Crippen molar-refractivity contribution in [3.05, 3.63) is 35.6 Å². The van der Waals surface area contributed by atoms with E-state index in [1.54, 1.807) is 19.1 Å². The van der Waals surface area contributed by atoms with Crippen molar-refractivity contribution in [2.45, 2.75) is 19.4 Å². The zero-order valence-electron chi connectivity index (χ0n) is 8.57. The Hall–Kier alpha value is -1.42. The maximum Gasteiger partial charge on any atom is 0.307 e. The molecular weight excluding hydrogens is 197 g/mol. The van der Waals surface area contributed by atoms with Gasteiger partial charge in [-0.2, -0.15) is 0 Å². The molecule has 15 heavy (non-hydrogen) atoms. The lowest BCUT2D eigenvalue weighted by atomic mass is 10.1. The molecule has 0 aliphatic heterocycles. The van der Waals surface area contributed by atoms with Gasteiger partial charge in [-0.1, -0.05) is 12.1 Å². The first kappa shape index (κ1) is 11.7. The maximum atomic E-state index is 12.6. The standard InChI is InChI=1S/C11H14FNO2/c1-2-15-11(14)7-10(13)8-3-5-9(12)6-4-8/h3-6,10H,2,7,13H2,1H3. The monoisotopic (exact) mass is 211 g/mol. The fourth-order valence-corrected chi connectivity index (χ4v) is 1.23. The second kappa shape index (κ2) is 5.46. The van der Waals surface area contributed by atoms with Crippen LogP contribution >= 0.6 is 0 Å². The van der Waals surface area contributed by atoms with Crippen LogP contribution in [-0.4, -0.2) is 12.6 Å². The molecule has 1 unspecified atom stereocenters. The highest BCUT2D eigenvalue weighted by Gasteiger charge is 2.12. The van der Waals surface area contributed by atoms with Crippen molar-refractivity contribution in [2.24, 2.45) is 5.73 Å². The first-order valence-corrected chi connectivity index (χ1v) is 4.80. The fraction of sp³-hybridized carbons (Fsp3) is 0.364. The number of esters is 1. The van der Waals surface area contributed by atoms with Crippen LogP contribution in [0.5, 0.6) is 0 Å². The quantitative estimate of drug-likeness (QED) is 0.772. The molecule has 0 spiro atoms. The normalized spacial score (nSPS) is 12.2. The van der Waals surface area contributed by atoms with E-state index in [9.17, 15) is 9.18 Å². The molecule has 3 nitrogen and oxygen atoms in total. The van der Waals surface area contributed by atoms with Gasteiger partial charge < -0.3 is 10.5 Å². The van der Waals surface area contributed by atoms with Crippen LogP contribution in [0, 0.1) is 5.82 Å². The lowest BCUT2D eigenvalue weighted by Gasteiger charge is -2.10. The van der Waals surface area contributed by atoms with Gasteiger partial charge in [0.05, 0.1) is 13.0 Å². The van der Waals surface area contributed by atoms with Crippen molar-refractivity contribution >= 4 is 5.97 Å². The predicted molar refractivity (Wildman–Crippen MR) is 54.6 cm³/mol. The molecule has 82 valence electrons. The molecule has 0 aliphatic rings. The van der Waals surface area contributed by atoms with Gasteiger partial charge >= 0.3 is 5.97 Å². The van der Waals surface area contributed by atoms with E-state index in [2.05, 4.69) is 0 Å². The maximum absolute atomic E-state index is 12.6. The number of halogens is 1. The molecule has 0 heterocycles. The van der Waals surface area contributed by atoms with E-state index in [1.807, 2.05) is 0 Å². The minimum atomic E-state index is -0.440. The van der Waals surface area contributed by atoms with Crippen LogP contribution in [0.2, 0.25) is 0 Å². The van der Waals surface area contributed by atoms with Crippen molar-refractivity contribution in [1.82, 2.24) is 0 Å². The third kappa shape index (κ3) is 3.67. The Kier molecular flexibility index (Phi) is 4.24. The Morgan fingerprint density at radius 1 is 1.47 bits per heavy atom. The van der Waals surface area contributed by atoms with Gasteiger partial charge in [-0.15, -0.1) is 0 Å². The van der Waals surface area contributed by atoms with Crippen LogP contribution in [0.15, 0.2) is 24.3 Å². The van der Waals surface area contributed by atoms with Gasteiger partial charge in [0.2, 0.25) is 0 Å². The summed E-state index contributed by atoms with van der Waals surface area (Å²) in [5, 5.41) is 0. The largest absolute Gasteiger partial charge is 0.466 e. The highest BCUT2D eigenvalue weighted by Crippen LogP contribution is 2.14. The number of rotatable bonds is 4. The summed E-state index contributed by atoms with van der Waals surface area (Å²) < 4.78 is 17.4. The molecule has 0 saturated carbocycles. The highest BCUT2D eigenvalue weighted by atomic mass is 19.1. The molecule has 0 amide bonds. The SMILES string of the molecule is CCOC(=O)CC(N)c1ccc(F)cc1. The molecule has 0 fully saturated rings. The zero-order chi connectivity index (χ0) is 11.3. The van der Waals surface area contributed by atoms with Crippen molar-refractivity contribution in [3.63, 3.8) is 0 Å². The minimum Gasteiger partial charge on any atom is -0.466 e. The first-order chi connectivity index (χ1) is 7.13. The molecule has 0 aromatic heterocycles. The minimum absolute atomic E-state index is 0.111. The predicted octanol–water partition coefficient (Wildman–Crippen LogP) is 1.78. The molecule has 4 heteroatoms. The summed E-state index contributed by atoms with van der Waals surface area (Å²) in [7, 11) is 0. The average molecular weight is 211 g/mol. The molecule has 0 radical (unpaired) electrons. The zero-order valence-corrected chi connectivity index (χ0v) is 8.57. The van der Waals surface area contributed by atoms with Crippen LogP contribution in [-0.2, 0) is 9.53 Å². The number of carbonyl (C=O) groups excluding carboxylic acids is 1. The van der Waals surface area contributed by atoms with Gasteiger partial charge in [-0.05, 0) is 24.6 Å². The Morgan fingerprint density at radius 3 is 2.60 bits per heavy atom. The first-order valence-electron chi connectivity index (χ1n) is 4.80. The van der Waals surface area contributed by atoms with Crippen molar-refractivity contribution in [1.29, 1.82) is 0 Å². The van der Waals surface area contributed by atoms with Gasteiger partial charge in [-0.3, -0.25) is 4.79 Å². The summed E-state index contributed by atoms with van der Waals surface area (Å²) in [5.74, 6) is -0.656. The molecule has 2 N–H and O–H groups in total. The summed E-state index contributed by atoms with van der Waals surface area (Å²) in [6.45, 7) is 2.08. The molecule has 1 aromatic rings. The fourth-order valence-electron chi connectivity index (χ4n) is 1.23. The van der Waals surface area contributed by atoms with Gasteiger partial charge in [-0.25, -0.2) is 4.39 Å². The number of benzene rings is 1. The van der Waals surface area contributed by atoms with Crippen molar-refractivity contribution < 1.29 is 13.9 Å². The van der Waals surface area contributed by atoms with Crippen LogP contribution in [0.3, 0.4) is 0 Å². The number of hydrogen-bond donors (Lipinski definition) is 1. The van der Waals surface area contributed by atoms with Crippen LogP contribution in [0.4, 0.5) is 4.39 Å².